The molecule has 0 bridgehead atoms. The van der Waals surface area contributed by atoms with Crippen LogP contribution in [0.5, 0.6) is 0 Å². The standard InChI is InChI=1S/C14H22F2N2O2S/c1-3-8-17-9-12-4-6-13(7-5-12)11-21(19,20)18(2)10-14(15)16/h4-7,14,17H,3,8-11H2,1-2H3. The highest BCUT2D eigenvalue weighted by Gasteiger charge is 2.21. The van der Waals surface area contributed by atoms with Crippen LogP contribution in [0, 0.1) is 0 Å². The summed E-state index contributed by atoms with van der Waals surface area (Å²) >= 11 is 0. The summed E-state index contributed by atoms with van der Waals surface area (Å²) in [6.07, 6.45) is -1.62. The molecule has 0 fully saturated rings. The van der Waals surface area contributed by atoms with Gasteiger partial charge in [0, 0.05) is 13.6 Å². The number of benzene rings is 1. The van der Waals surface area contributed by atoms with Crippen molar-refractivity contribution in [3.8, 4) is 0 Å². The quantitative estimate of drug-likeness (QED) is 0.710. The molecule has 21 heavy (non-hydrogen) atoms. The summed E-state index contributed by atoms with van der Waals surface area (Å²) in [5.41, 5.74) is 1.65. The highest BCUT2D eigenvalue weighted by Crippen LogP contribution is 2.12. The third-order valence-corrected chi connectivity index (χ3v) is 4.79. The third kappa shape index (κ3) is 6.50. The Labute approximate surface area is 125 Å². The lowest BCUT2D eigenvalue weighted by molar-refractivity contribution is 0.126. The Morgan fingerprint density at radius 2 is 1.76 bits per heavy atom. The molecule has 0 atom stereocenters. The van der Waals surface area contributed by atoms with Gasteiger partial charge in [0.1, 0.15) is 0 Å². The summed E-state index contributed by atoms with van der Waals surface area (Å²) in [5.74, 6) is -0.265. The first-order chi connectivity index (χ1) is 9.85. The van der Waals surface area contributed by atoms with Crippen molar-refractivity contribution >= 4 is 10.0 Å². The molecule has 0 amide bonds. The summed E-state index contributed by atoms with van der Waals surface area (Å²) in [4.78, 5) is 0. The molecule has 0 saturated heterocycles. The van der Waals surface area contributed by atoms with Gasteiger partial charge in [0.05, 0.1) is 12.3 Å². The van der Waals surface area contributed by atoms with Gasteiger partial charge in [-0.3, -0.25) is 0 Å². The van der Waals surface area contributed by atoms with Crippen molar-refractivity contribution in [3.05, 3.63) is 35.4 Å². The number of hydrogen-bond acceptors (Lipinski definition) is 3. The van der Waals surface area contributed by atoms with Crippen molar-refractivity contribution in [3.63, 3.8) is 0 Å². The van der Waals surface area contributed by atoms with Gasteiger partial charge in [-0.25, -0.2) is 17.2 Å². The van der Waals surface area contributed by atoms with Crippen molar-refractivity contribution in [1.82, 2.24) is 9.62 Å². The van der Waals surface area contributed by atoms with Gasteiger partial charge in [-0.1, -0.05) is 31.2 Å². The van der Waals surface area contributed by atoms with E-state index in [9.17, 15) is 17.2 Å². The van der Waals surface area contributed by atoms with Gasteiger partial charge in [-0.15, -0.1) is 0 Å². The lowest BCUT2D eigenvalue weighted by Crippen LogP contribution is -2.32. The molecular formula is C14H22F2N2O2S. The molecular weight excluding hydrogens is 298 g/mol. The molecule has 7 heteroatoms. The molecule has 0 aliphatic heterocycles. The van der Waals surface area contributed by atoms with Crippen LogP contribution in [0.1, 0.15) is 24.5 Å². The van der Waals surface area contributed by atoms with E-state index in [0.29, 0.717) is 9.87 Å². The van der Waals surface area contributed by atoms with E-state index in [1.807, 2.05) is 12.1 Å². The van der Waals surface area contributed by atoms with Crippen molar-refractivity contribution < 1.29 is 17.2 Å². The Morgan fingerprint density at radius 1 is 1.19 bits per heavy atom. The molecule has 0 aliphatic rings. The van der Waals surface area contributed by atoms with Gasteiger partial charge < -0.3 is 5.32 Å². The van der Waals surface area contributed by atoms with E-state index in [0.717, 1.165) is 25.1 Å². The highest BCUT2D eigenvalue weighted by atomic mass is 32.2. The van der Waals surface area contributed by atoms with E-state index in [1.165, 1.54) is 7.05 Å². The molecule has 120 valence electrons. The van der Waals surface area contributed by atoms with E-state index in [-0.39, 0.29) is 5.75 Å². The SMILES string of the molecule is CCCNCc1ccc(CS(=O)(=O)N(C)CC(F)F)cc1. The minimum atomic E-state index is -3.70. The van der Waals surface area contributed by atoms with Crippen LogP contribution in [0.4, 0.5) is 8.78 Å². The number of alkyl halides is 2. The van der Waals surface area contributed by atoms with Crippen molar-refractivity contribution in [2.24, 2.45) is 0 Å². The molecule has 0 unspecified atom stereocenters. The maximum absolute atomic E-state index is 12.2. The summed E-state index contributed by atoms with van der Waals surface area (Å²) in [7, 11) is -2.53. The second-order valence-corrected chi connectivity index (χ2v) is 7.00. The van der Waals surface area contributed by atoms with Crippen molar-refractivity contribution in [2.45, 2.75) is 32.1 Å². The Kier molecular flexibility index (Phi) is 7.21. The first-order valence-corrected chi connectivity index (χ1v) is 8.46. The van der Waals surface area contributed by atoms with Crippen LogP contribution in [0.25, 0.3) is 0 Å². The molecule has 0 saturated carbocycles. The average molecular weight is 320 g/mol. The summed E-state index contributed by atoms with van der Waals surface area (Å²) in [5, 5.41) is 3.25. The second-order valence-electron chi connectivity index (χ2n) is 4.92. The van der Waals surface area contributed by atoms with Crippen LogP contribution in [-0.4, -0.2) is 39.3 Å². The number of halogens is 2. The first kappa shape index (κ1) is 18.0. The smallest absolute Gasteiger partial charge is 0.252 e. The van der Waals surface area contributed by atoms with Crippen LogP contribution in [0.3, 0.4) is 0 Å². The maximum Gasteiger partial charge on any atom is 0.252 e. The monoisotopic (exact) mass is 320 g/mol. The number of nitrogens with zero attached hydrogens (tertiary/aromatic N) is 1. The average Bonchev–Trinajstić information content (AvgIpc) is 2.40. The van der Waals surface area contributed by atoms with E-state index in [4.69, 9.17) is 0 Å². The van der Waals surface area contributed by atoms with Crippen LogP contribution in [-0.2, 0) is 22.3 Å². The lowest BCUT2D eigenvalue weighted by Gasteiger charge is -2.16. The second kappa shape index (κ2) is 8.41. The molecule has 1 aromatic rings. The fourth-order valence-corrected chi connectivity index (χ4v) is 2.97. The highest BCUT2D eigenvalue weighted by molar-refractivity contribution is 7.88. The van der Waals surface area contributed by atoms with Crippen LogP contribution >= 0.6 is 0 Å². The summed E-state index contributed by atoms with van der Waals surface area (Å²) in [6.45, 7) is 2.96. The molecule has 1 N–H and O–H groups in total. The number of nitrogens with one attached hydrogen (secondary N) is 1. The summed E-state index contributed by atoms with van der Waals surface area (Å²) in [6, 6.07) is 7.13. The topological polar surface area (TPSA) is 49.4 Å². The maximum atomic E-state index is 12.2. The minimum absolute atomic E-state index is 0.265. The van der Waals surface area contributed by atoms with Gasteiger partial charge in [0.15, 0.2) is 0 Å². The normalized spacial score (nSPS) is 12.3. The van der Waals surface area contributed by atoms with Gasteiger partial charge in [0.2, 0.25) is 10.0 Å². The summed E-state index contributed by atoms with van der Waals surface area (Å²) < 4.78 is 49.0. The zero-order chi connectivity index (χ0) is 15.9. The fourth-order valence-electron chi connectivity index (χ4n) is 1.79. The lowest BCUT2D eigenvalue weighted by atomic mass is 10.1. The van der Waals surface area contributed by atoms with Gasteiger partial charge >= 0.3 is 0 Å². The van der Waals surface area contributed by atoms with Gasteiger partial charge in [-0.2, -0.15) is 4.31 Å². The molecule has 0 aliphatic carbocycles. The van der Waals surface area contributed by atoms with Crippen molar-refractivity contribution in [1.29, 1.82) is 0 Å². The van der Waals surface area contributed by atoms with Crippen LogP contribution in [0.2, 0.25) is 0 Å². The van der Waals surface area contributed by atoms with Crippen molar-refractivity contribution in [2.75, 3.05) is 20.1 Å². The van der Waals surface area contributed by atoms with Crippen LogP contribution in [0.15, 0.2) is 24.3 Å². The molecule has 4 nitrogen and oxygen atoms in total. The number of rotatable bonds is 9. The Morgan fingerprint density at radius 3 is 2.29 bits per heavy atom. The molecule has 1 rings (SSSR count). The largest absolute Gasteiger partial charge is 0.313 e. The predicted octanol–water partition coefficient (Wildman–Crippen LogP) is 2.21. The minimum Gasteiger partial charge on any atom is -0.313 e. The van der Waals surface area contributed by atoms with Crippen LogP contribution < -0.4 is 5.32 Å². The molecule has 0 radical (unpaired) electrons. The first-order valence-electron chi connectivity index (χ1n) is 6.86. The number of hydrogen-bond donors (Lipinski definition) is 1. The number of sulfonamides is 1. The fraction of sp³-hybridized carbons (Fsp3) is 0.571. The molecule has 0 aromatic heterocycles. The zero-order valence-electron chi connectivity index (χ0n) is 12.4. The van der Waals surface area contributed by atoms with Gasteiger partial charge in [-0.05, 0) is 24.1 Å². The Hall–Kier alpha value is -1.05. The zero-order valence-corrected chi connectivity index (χ0v) is 13.2. The predicted molar refractivity (Wildman–Crippen MR) is 79.7 cm³/mol. The van der Waals surface area contributed by atoms with E-state index in [1.54, 1.807) is 12.1 Å². The molecule has 0 spiro atoms. The third-order valence-electron chi connectivity index (χ3n) is 3.00. The molecule has 1 aromatic carbocycles. The van der Waals surface area contributed by atoms with E-state index in [2.05, 4.69) is 12.2 Å². The Balaban J connectivity index is 2.62. The van der Waals surface area contributed by atoms with E-state index >= 15 is 0 Å². The molecule has 0 heterocycles. The van der Waals surface area contributed by atoms with E-state index < -0.39 is 23.0 Å². The Bertz CT molecular complexity index is 518. The van der Waals surface area contributed by atoms with Gasteiger partial charge in [0.25, 0.3) is 6.43 Å².